The first-order valence-corrected chi connectivity index (χ1v) is 6.97. The van der Waals surface area contributed by atoms with Gasteiger partial charge >= 0.3 is 0 Å². The van der Waals surface area contributed by atoms with Crippen LogP contribution in [0.1, 0.15) is 25.7 Å². The Labute approximate surface area is 111 Å². The topological polar surface area (TPSA) is 64.2 Å². The van der Waals surface area contributed by atoms with Crippen LogP contribution in [0.4, 0.5) is 11.4 Å². The number of hydrogen-bond donors (Lipinski definition) is 3. The lowest BCUT2D eigenvalue weighted by atomic mass is 9.92. The molecule has 5 heteroatoms. The summed E-state index contributed by atoms with van der Waals surface area (Å²) in [5.41, 5.74) is 3.34. The van der Waals surface area contributed by atoms with Crippen LogP contribution >= 0.6 is 0 Å². The molecule has 1 aliphatic carbocycles. The molecule has 0 aromatic carbocycles. The molecule has 2 aliphatic rings. The van der Waals surface area contributed by atoms with Crippen LogP contribution in [0, 0.1) is 0 Å². The van der Waals surface area contributed by atoms with Crippen molar-refractivity contribution in [3.8, 4) is 0 Å². The van der Waals surface area contributed by atoms with Gasteiger partial charge in [0.1, 0.15) is 5.65 Å². The molecule has 0 saturated heterocycles. The SMILES string of the molecule is OC1CCC(N2CNc3cnc4[nH]ccc4c32)CC1. The van der Waals surface area contributed by atoms with Crippen LogP contribution in [-0.2, 0) is 0 Å². The van der Waals surface area contributed by atoms with Gasteiger partial charge in [0.25, 0.3) is 0 Å². The Morgan fingerprint density at radius 3 is 2.95 bits per heavy atom. The van der Waals surface area contributed by atoms with Crippen LogP contribution in [0.5, 0.6) is 0 Å². The van der Waals surface area contributed by atoms with Crippen molar-refractivity contribution >= 4 is 22.4 Å². The molecular formula is C14H18N4O. The van der Waals surface area contributed by atoms with Crippen molar-refractivity contribution in [1.82, 2.24) is 9.97 Å². The van der Waals surface area contributed by atoms with E-state index in [1.54, 1.807) is 0 Å². The van der Waals surface area contributed by atoms with Gasteiger partial charge in [-0.25, -0.2) is 4.98 Å². The van der Waals surface area contributed by atoms with Crippen LogP contribution in [0.3, 0.4) is 0 Å². The summed E-state index contributed by atoms with van der Waals surface area (Å²) in [4.78, 5) is 10.0. The van der Waals surface area contributed by atoms with Crippen molar-refractivity contribution in [1.29, 1.82) is 0 Å². The summed E-state index contributed by atoms with van der Waals surface area (Å²) in [6.45, 7) is 0.849. The lowest BCUT2D eigenvalue weighted by Gasteiger charge is -2.34. The average molecular weight is 258 g/mol. The first-order valence-electron chi connectivity index (χ1n) is 6.97. The van der Waals surface area contributed by atoms with E-state index in [0.29, 0.717) is 6.04 Å². The number of nitrogens with zero attached hydrogens (tertiary/aromatic N) is 2. The van der Waals surface area contributed by atoms with Crippen molar-refractivity contribution in [2.24, 2.45) is 0 Å². The molecule has 1 saturated carbocycles. The van der Waals surface area contributed by atoms with Gasteiger partial charge in [-0.2, -0.15) is 0 Å². The van der Waals surface area contributed by atoms with Crippen LogP contribution in [0.25, 0.3) is 11.0 Å². The van der Waals surface area contributed by atoms with Gasteiger partial charge in [-0.1, -0.05) is 0 Å². The second kappa shape index (κ2) is 4.13. The van der Waals surface area contributed by atoms with Crippen LogP contribution < -0.4 is 10.2 Å². The fourth-order valence-corrected chi connectivity index (χ4v) is 3.36. The normalized spacial score (nSPS) is 26.5. The molecular weight excluding hydrogens is 240 g/mol. The van der Waals surface area contributed by atoms with E-state index in [2.05, 4.69) is 26.3 Å². The number of aromatic amines is 1. The van der Waals surface area contributed by atoms with Gasteiger partial charge in [0.15, 0.2) is 0 Å². The lowest BCUT2D eigenvalue weighted by molar-refractivity contribution is 0.122. The first kappa shape index (κ1) is 11.1. The van der Waals surface area contributed by atoms with Crippen molar-refractivity contribution in [2.45, 2.75) is 37.8 Å². The van der Waals surface area contributed by atoms with Crippen LogP contribution in [-0.4, -0.2) is 33.9 Å². The van der Waals surface area contributed by atoms with Crippen molar-refractivity contribution in [2.75, 3.05) is 16.9 Å². The molecule has 1 aliphatic heterocycles. The third-order valence-corrected chi connectivity index (χ3v) is 4.39. The zero-order valence-electron chi connectivity index (χ0n) is 10.8. The summed E-state index contributed by atoms with van der Waals surface area (Å²) < 4.78 is 0. The summed E-state index contributed by atoms with van der Waals surface area (Å²) in [6.07, 6.45) is 7.71. The molecule has 0 atom stereocenters. The predicted octanol–water partition coefficient (Wildman–Crippen LogP) is 2.06. The number of pyridine rings is 1. The van der Waals surface area contributed by atoms with Gasteiger partial charge in [-0.05, 0) is 31.7 Å². The molecule has 100 valence electrons. The third-order valence-electron chi connectivity index (χ3n) is 4.39. The van der Waals surface area contributed by atoms with Gasteiger partial charge in [-0.15, -0.1) is 0 Å². The quantitative estimate of drug-likeness (QED) is 0.732. The Morgan fingerprint density at radius 1 is 1.26 bits per heavy atom. The summed E-state index contributed by atoms with van der Waals surface area (Å²) in [5, 5.41) is 14.3. The molecule has 4 rings (SSSR count). The predicted molar refractivity (Wildman–Crippen MR) is 75.3 cm³/mol. The maximum Gasteiger partial charge on any atom is 0.139 e. The highest BCUT2D eigenvalue weighted by Gasteiger charge is 2.31. The molecule has 3 heterocycles. The maximum atomic E-state index is 9.65. The van der Waals surface area contributed by atoms with E-state index in [0.717, 1.165) is 43.7 Å². The standard InChI is InChI=1S/C14H18N4O/c19-10-3-1-9(2-4-10)18-8-17-12-7-16-14-11(13(12)18)5-6-15-14/h5-7,9-10,17,19H,1-4,8H2,(H,15,16). The van der Waals surface area contributed by atoms with E-state index < -0.39 is 0 Å². The number of anilines is 2. The maximum absolute atomic E-state index is 9.65. The molecule has 3 N–H and O–H groups in total. The van der Waals surface area contributed by atoms with E-state index >= 15 is 0 Å². The number of hydrogen-bond acceptors (Lipinski definition) is 4. The highest BCUT2D eigenvalue weighted by molar-refractivity contribution is 5.98. The number of fused-ring (bicyclic) bond motifs is 3. The fourth-order valence-electron chi connectivity index (χ4n) is 3.36. The fraction of sp³-hybridized carbons (Fsp3) is 0.500. The molecule has 0 amide bonds. The van der Waals surface area contributed by atoms with Gasteiger partial charge < -0.3 is 20.3 Å². The Bertz CT molecular complexity index is 601. The Balaban J connectivity index is 1.72. The molecule has 0 radical (unpaired) electrons. The van der Waals surface area contributed by atoms with Crippen LogP contribution in [0.2, 0.25) is 0 Å². The number of aromatic nitrogens is 2. The van der Waals surface area contributed by atoms with Gasteiger partial charge in [0.2, 0.25) is 0 Å². The molecule has 2 aromatic rings. The first-order chi connectivity index (χ1) is 9.33. The minimum atomic E-state index is -0.101. The molecule has 5 nitrogen and oxygen atoms in total. The zero-order chi connectivity index (χ0) is 12.8. The van der Waals surface area contributed by atoms with E-state index in [4.69, 9.17) is 0 Å². The minimum absolute atomic E-state index is 0.101. The highest BCUT2D eigenvalue weighted by Crippen LogP contribution is 2.40. The summed E-state index contributed by atoms with van der Waals surface area (Å²) in [7, 11) is 0. The van der Waals surface area contributed by atoms with Gasteiger partial charge in [-0.3, -0.25) is 0 Å². The van der Waals surface area contributed by atoms with Gasteiger partial charge in [0.05, 0.1) is 30.3 Å². The van der Waals surface area contributed by atoms with Gasteiger partial charge in [0, 0.05) is 17.6 Å². The molecule has 0 bridgehead atoms. The van der Waals surface area contributed by atoms with Crippen molar-refractivity contribution in [3.63, 3.8) is 0 Å². The molecule has 19 heavy (non-hydrogen) atoms. The summed E-state index contributed by atoms with van der Waals surface area (Å²) >= 11 is 0. The number of rotatable bonds is 1. The summed E-state index contributed by atoms with van der Waals surface area (Å²) in [5.74, 6) is 0. The van der Waals surface area contributed by atoms with Crippen molar-refractivity contribution < 1.29 is 5.11 Å². The molecule has 0 unspecified atom stereocenters. The largest absolute Gasteiger partial charge is 0.393 e. The highest BCUT2D eigenvalue weighted by atomic mass is 16.3. The van der Waals surface area contributed by atoms with E-state index in [1.165, 1.54) is 11.1 Å². The molecule has 1 fully saturated rings. The molecule has 2 aromatic heterocycles. The smallest absolute Gasteiger partial charge is 0.139 e. The Hall–Kier alpha value is -1.75. The number of aliphatic hydroxyl groups is 1. The third kappa shape index (κ3) is 1.69. The number of nitrogens with one attached hydrogen (secondary N) is 2. The number of H-pyrrole nitrogens is 1. The number of aliphatic hydroxyl groups excluding tert-OH is 1. The average Bonchev–Trinajstić information content (AvgIpc) is 3.04. The zero-order valence-corrected chi connectivity index (χ0v) is 10.8. The molecule has 0 spiro atoms. The second-order valence-electron chi connectivity index (χ2n) is 5.53. The van der Waals surface area contributed by atoms with E-state index in [1.807, 2.05) is 12.4 Å². The second-order valence-corrected chi connectivity index (χ2v) is 5.53. The lowest BCUT2D eigenvalue weighted by Crippen LogP contribution is -2.39. The monoisotopic (exact) mass is 258 g/mol. The van der Waals surface area contributed by atoms with E-state index in [-0.39, 0.29) is 6.10 Å². The van der Waals surface area contributed by atoms with E-state index in [9.17, 15) is 5.11 Å². The van der Waals surface area contributed by atoms with Crippen LogP contribution in [0.15, 0.2) is 18.5 Å². The minimum Gasteiger partial charge on any atom is -0.393 e. The Kier molecular flexibility index (Phi) is 2.41. The van der Waals surface area contributed by atoms with Crippen molar-refractivity contribution in [3.05, 3.63) is 18.5 Å². The summed E-state index contributed by atoms with van der Waals surface area (Å²) in [6, 6.07) is 2.62. The Morgan fingerprint density at radius 2 is 2.11 bits per heavy atom.